The van der Waals surface area contributed by atoms with Crippen LogP contribution < -0.4 is 5.32 Å². The van der Waals surface area contributed by atoms with E-state index in [-0.39, 0.29) is 0 Å². The van der Waals surface area contributed by atoms with E-state index in [4.69, 9.17) is 5.11 Å². The molecule has 0 aromatic rings. The lowest BCUT2D eigenvalue weighted by atomic mass is 9.92. The van der Waals surface area contributed by atoms with Gasteiger partial charge in [0.2, 0.25) is 0 Å². The monoisotopic (exact) mass is 169 g/mol. The van der Waals surface area contributed by atoms with Gasteiger partial charge in [-0.15, -0.1) is 0 Å². The number of nitrogens with one attached hydrogen (secondary N) is 1. The number of carbonyl (C=O) groups is 2. The van der Waals surface area contributed by atoms with Crippen LogP contribution >= 0.6 is 0 Å². The molecule has 1 rings (SSSR count). The normalized spacial score (nSPS) is 28.3. The van der Waals surface area contributed by atoms with Crippen LogP contribution in [0.5, 0.6) is 0 Å². The third-order valence-corrected chi connectivity index (χ3v) is 2.13. The highest BCUT2D eigenvalue weighted by atomic mass is 16.4. The minimum Gasteiger partial charge on any atom is -0.480 e. The molecule has 0 saturated carbocycles. The van der Waals surface area contributed by atoms with Crippen molar-refractivity contribution in [2.45, 2.75) is 18.4 Å². The number of rotatable bonds is 3. The van der Waals surface area contributed by atoms with Gasteiger partial charge in [-0.25, -0.2) is 4.79 Å². The Hall–Kier alpha value is -1.16. The summed E-state index contributed by atoms with van der Waals surface area (Å²) in [4.78, 5) is 22.0. The second-order valence-electron chi connectivity index (χ2n) is 2.81. The molecule has 1 saturated heterocycles. The summed E-state index contributed by atoms with van der Waals surface area (Å²) in [5, 5.41) is 11.5. The van der Waals surface area contributed by atoms with Gasteiger partial charge in [0.1, 0.15) is 0 Å². The molecule has 0 radical (unpaired) electrons. The first kappa shape index (κ1) is 8.93. The van der Waals surface area contributed by atoms with Crippen LogP contribution in [-0.4, -0.2) is 28.9 Å². The molecule has 12 heavy (non-hydrogen) atoms. The second kappa shape index (κ2) is 3.06. The topological polar surface area (TPSA) is 66.4 Å². The van der Waals surface area contributed by atoms with Crippen molar-refractivity contribution in [1.82, 2.24) is 5.32 Å². The highest BCUT2D eigenvalue weighted by Crippen LogP contribution is 2.20. The van der Waals surface area contributed by atoms with Crippen LogP contribution in [0.25, 0.3) is 0 Å². The van der Waals surface area contributed by atoms with Gasteiger partial charge in [-0.1, -0.05) is 6.58 Å². The Morgan fingerprint density at radius 3 is 2.58 bits per heavy atom. The molecule has 0 aromatic carbocycles. The fourth-order valence-corrected chi connectivity index (χ4v) is 1.42. The smallest absolute Gasteiger partial charge is 0.332 e. The first-order valence-corrected chi connectivity index (χ1v) is 3.79. The lowest BCUT2D eigenvalue weighted by molar-refractivity contribution is -0.147. The third kappa shape index (κ3) is 1.14. The summed E-state index contributed by atoms with van der Waals surface area (Å²) in [6, 6.07) is 0. The highest BCUT2D eigenvalue weighted by molar-refractivity contribution is 6.13. The molecule has 4 heteroatoms. The molecule has 0 spiro atoms. The van der Waals surface area contributed by atoms with Gasteiger partial charge < -0.3 is 5.11 Å². The van der Waals surface area contributed by atoms with Crippen LogP contribution in [0, 0.1) is 0 Å². The fourth-order valence-electron chi connectivity index (χ4n) is 1.42. The molecule has 1 aliphatic rings. The zero-order valence-corrected chi connectivity index (χ0v) is 6.67. The molecule has 4 nitrogen and oxygen atoms in total. The Kier molecular flexibility index (Phi) is 2.28. The van der Waals surface area contributed by atoms with Gasteiger partial charge in [0.05, 0.1) is 0 Å². The van der Waals surface area contributed by atoms with Gasteiger partial charge in [0.15, 0.2) is 11.3 Å². The minimum absolute atomic E-state index is 0.354. The summed E-state index contributed by atoms with van der Waals surface area (Å²) < 4.78 is 0. The molecular weight excluding hydrogens is 158 g/mol. The SMILES string of the molecule is C=CC(=O)[C@]1(C(=O)O)CCCN1. The molecule has 0 aromatic heterocycles. The van der Waals surface area contributed by atoms with Crippen molar-refractivity contribution in [2.75, 3.05) is 6.54 Å². The van der Waals surface area contributed by atoms with Crippen LogP contribution in [0.15, 0.2) is 12.7 Å². The van der Waals surface area contributed by atoms with Crippen LogP contribution in [0.2, 0.25) is 0 Å². The number of aliphatic carboxylic acids is 1. The van der Waals surface area contributed by atoms with Gasteiger partial charge in [-0.05, 0) is 25.5 Å². The molecule has 0 bridgehead atoms. The number of carboxylic acid groups (broad SMARTS) is 1. The van der Waals surface area contributed by atoms with E-state index in [1.54, 1.807) is 0 Å². The van der Waals surface area contributed by atoms with Crippen LogP contribution in [0.4, 0.5) is 0 Å². The number of carbonyl (C=O) groups excluding carboxylic acids is 1. The Balaban J connectivity index is 2.93. The molecule has 1 heterocycles. The van der Waals surface area contributed by atoms with E-state index < -0.39 is 17.3 Å². The fraction of sp³-hybridized carbons (Fsp3) is 0.500. The second-order valence-corrected chi connectivity index (χ2v) is 2.81. The number of ketones is 1. The molecule has 1 fully saturated rings. The Morgan fingerprint density at radius 1 is 1.58 bits per heavy atom. The van der Waals surface area contributed by atoms with Crippen molar-refractivity contribution in [3.8, 4) is 0 Å². The van der Waals surface area contributed by atoms with Crippen molar-refractivity contribution in [1.29, 1.82) is 0 Å². The predicted molar refractivity (Wildman–Crippen MR) is 42.8 cm³/mol. The zero-order chi connectivity index (χ0) is 9.19. The van der Waals surface area contributed by atoms with Gasteiger partial charge >= 0.3 is 5.97 Å². The maximum Gasteiger partial charge on any atom is 0.332 e. The molecule has 0 amide bonds. The zero-order valence-electron chi connectivity index (χ0n) is 6.67. The molecule has 0 aliphatic carbocycles. The average molecular weight is 169 g/mol. The minimum atomic E-state index is -1.39. The van der Waals surface area contributed by atoms with E-state index >= 15 is 0 Å². The van der Waals surface area contributed by atoms with Crippen LogP contribution in [0.3, 0.4) is 0 Å². The van der Waals surface area contributed by atoms with Crippen molar-refractivity contribution >= 4 is 11.8 Å². The Labute approximate surface area is 70.3 Å². The van der Waals surface area contributed by atoms with Crippen molar-refractivity contribution in [2.24, 2.45) is 0 Å². The molecule has 0 unspecified atom stereocenters. The quantitative estimate of drug-likeness (QED) is 0.459. The van der Waals surface area contributed by atoms with Crippen molar-refractivity contribution in [3.63, 3.8) is 0 Å². The summed E-state index contributed by atoms with van der Waals surface area (Å²) in [7, 11) is 0. The summed E-state index contributed by atoms with van der Waals surface area (Å²) in [5.41, 5.74) is -1.39. The molecule has 1 atom stereocenters. The van der Waals surface area contributed by atoms with E-state index in [2.05, 4.69) is 11.9 Å². The Morgan fingerprint density at radius 2 is 2.25 bits per heavy atom. The van der Waals surface area contributed by atoms with Gasteiger partial charge in [-0.2, -0.15) is 0 Å². The molecule has 2 N–H and O–H groups in total. The summed E-state index contributed by atoms with van der Waals surface area (Å²) in [5.74, 6) is -1.56. The first-order valence-electron chi connectivity index (χ1n) is 3.79. The summed E-state index contributed by atoms with van der Waals surface area (Å²) in [6.45, 7) is 3.86. The molecule has 1 aliphatic heterocycles. The van der Waals surface area contributed by atoms with E-state index in [1.165, 1.54) is 0 Å². The van der Waals surface area contributed by atoms with E-state index in [1.807, 2.05) is 0 Å². The third-order valence-electron chi connectivity index (χ3n) is 2.13. The molecule has 66 valence electrons. The van der Waals surface area contributed by atoms with Crippen LogP contribution in [0.1, 0.15) is 12.8 Å². The molecular formula is C8H11NO3. The average Bonchev–Trinajstić information content (AvgIpc) is 2.52. The standard InChI is InChI=1S/C8H11NO3/c1-2-6(10)8(7(11)12)4-3-5-9-8/h2,9H,1,3-5H2,(H,11,12)/t8-/m0/s1. The predicted octanol–water partition coefficient (Wildman–Crippen LogP) is -0.0517. The summed E-state index contributed by atoms with van der Waals surface area (Å²) in [6.07, 6.45) is 2.13. The lowest BCUT2D eigenvalue weighted by Gasteiger charge is -2.20. The van der Waals surface area contributed by atoms with Crippen LogP contribution in [-0.2, 0) is 9.59 Å². The lowest BCUT2D eigenvalue weighted by Crippen LogP contribution is -2.53. The number of hydrogen-bond acceptors (Lipinski definition) is 3. The van der Waals surface area contributed by atoms with E-state index in [9.17, 15) is 9.59 Å². The number of carboxylic acids is 1. The van der Waals surface area contributed by atoms with Gasteiger partial charge in [0, 0.05) is 0 Å². The van der Waals surface area contributed by atoms with Gasteiger partial charge in [0.25, 0.3) is 0 Å². The number of hydrogen-bond donors (Lipinski definition) is 2. The van der Waals surface area contributed by atoms with E-state index in [0.717, 1.165) is 6.08 Å². The maximum absolute atomic E-state index is 11.2. The maximum atomic E-state index is 11.2. The summed E-state index contributed by atoms with van der Waals surface area (Å²) >= 11 is 0. The highest BCUT2D eigenvalue weighted by Gasteiger charge is 2.46. The van der Waals surface area contributed by atoms with Crippen molar-refractivity contribution < 1.29 is 14.7 Å². The van der Waals surface area contributed by atoms with Gasteiger partial charge in [-0.3, -0.25) is 10.1 Å². The van der Waals surface area contributed by atoms with E-state index in [0.29, 0.717) is 19.4 Å². The largest absolute Gasteiger partial charge is 0.480 e. The Bertz CT molecular complexity index is 228. The van der Waals surface area contributed by atoms with Crippen molar-refractivity contribution in [3.05, 3.63) is 12.7 Å². The first-order chi connectivity index (χ1) is 5.63.